The third-order valence-electron chi connectivity index (χ3n) is 2.40. The second-order valence-corrected chi connectivity index (χ2v) is 2.66. The van der Waals surface area contributed by atoms with Gasteiger partial charge in [0.2, 0.25) is 0 Å². The Hall–Kier alpha value is -0.720. The minimum absolute atomic E-state index is 1.16. The molecule has 0 bridgehead atoms. The van der Waals surface area contributed by atoms with Crippen molar-refractivity contribution < 1.29 is 0 Å². The third kappa shape index (κ3) is 0.151. The first-order chi connectivity index (χ1) is 3.97. The second kappa shape index (κ2) is 0.750. The Morgan fingerprint density at radius 1 is 1.00 bits per heavy atom. The molecule has 0 aromatic carbocycles. The first kappa shape index (κ1) is 3.33. The molecule has 3 aliphatic rings. The van der Waals surface area contributed by atoms with Gasteiger partial charge in [0.15, 0.2) is 0 Å². The average molecular weight is 105 g/mol. The van der Waals surface area contributed by atoms with Crippen LogP contribution in [0.25, 0.3) is 0 Å². The van der Waals surface area contributed by atoms with Gasteiger partial charge in [0.25, 0.3) is 0 Å². The zero-order valence-corrected chi connectivity index (χ0v) is 4.62. The molecule has 0 saturated carbocycles. The predicted molar refractivity (Wildman–Crippen MR) is 31.3 cm³/mol. The van der Waals surface area contributed by atoms with Gasteiger partial charge in [0.1, 0.15) is 0 Å². The van der Waals surface area contributed by atoms with E-state index in [4.69, 9.17) is 0 Å². The predicted octanol–water partition coefficient (Wildman–Crippen LogP) is 0.948. The summed E-state index contributed by atoms with van der Waals surface area (Å²) in [6, 6.07) is 0. The number of hydrogen-bond acceptors (Lipinski definition) is 1. The van der Waals surface area contributed by atoms with Gasteiger partial charge in [-0.1, -0.05) is 0 Å². The molecule has 1 nitrogen and oxygen atoms in total. The molecule has 0 radical (unpaired) electrons. The molecule has 0 spiro atoms. The molecule has 8 heavy (non-hydrogen) atoms. The summed E-state index contributed by atoms with van der Waals surface area (Å²) < 4.78 is 0. The van der Waals surface area contributed by atoms with Crippen LogP contribution in [0.2, 0.25) is 0 Å². The second-order valence-electron chi connectivity index (χ2n) is 2.66. The van der Waals surface area contributed by atoms with Crippen molar-refractivity contribution in [1.29, 1.82) is 0 Å². The molecule has 0 unspecified atom stereocenters. The first-order valence-electron chi connectivity index (χ1n) is 3.16. The third-order valence-corrected chi connectivity index (χ3v) is 2.40. The quantitative estimate of drug-likeness (QED) is 0.483. The molecule has 2 aliphatic carbocycles. The summed E-state index contributed by atoms with van der Waals surface area (Å²) in [5.41, 5.74) is 6.49. The molecule has 0 atom stereocenters. The van der Waals surface area contributed by atoms with Gasteiger partial charge in [-0.15, -0.1) is 0 Å². The number of nitrogens with one attached hydrogen (secondary N) is 1. The summed E-state index contributed by atoms with van der Waals surface area (Å²) in [5, 5.41) is 3.30. The van der Waals surface area contributed by atoms with E-state index in [0.717, 1.165) is 6.54 Å². The Labute approximate surface area is 48.1 Å². The van der Waals surface area contributed by atoms with Gasteiger partial charge >= 0.3 is 0 Å². The van der Waals surface area contributed by atoms with E-state index in [2.05, 4.69) is 5.32 Å². The van der Waals surface area contributed by atoms with Crippen LogP contribution < -0.4 is 5.32 Å². The van der Waals surface area contributed by atoms with Crippen LogP contribution in [0.5, 0.6) is 0 Å². The van der Waals surface area contributed by atoms with Crippen LogP contribution in [0.15, 0.2) is 22.4 Å². The number of fused-ring (bicyclic) bond motifs is 2. The fourth-order valence-electron chi connectivity index (χ4n) is 1.73. The molecule has 3 rings (SSSR count). The van der Waals surface area contributed by atoms with Crippen molar-refractivity contribution in [2.45, 2.75) is 12.8 Å². The molecular weight excluding hydrogens is 98.1 g/mol. The SMILES string of the molecule is C1CC2=C1C1=C2NC1. The molecule has 0 saturated heterocycles. The summed E-state index contributed by atoms with van der Waals surface area (Å²) >= 11 is 0. The Bertz CT molecular complexity index is 172. The van der Waals surface area contributed by atoms with Crippen molar-refractivity contribution in [1.82, 2.24) is 5.32 Å². The van der Waals surface area contributed by atoms with Crippen molar-refractivity contribution >= 4 is 0 Å². The lowest BCUT2D eigenvalue weighted by atomic mass is 9.68. The van der Waals surface area contributed by atoms with E-state index in [1.54, 1.807) is 16.7 Å². The summed E-state index contributed by atoms with van der Waals surface area (Å²) in [4.78, 5) is 0. The zero-order valence-electron chi connectivity index (χ0n) is 4.62. The molecule has 1 aliphatic heterocycles. The summed E-state index contributed by atoms with van der Waals surface area (Å²) in [5.74, 6) is 0. The van der Waals surface area contributed by atoms with E-state index >= 15 is 0 Å². The Balaban J connectivity index is 2.18. The Morgan fingerprint density at radius 2 is 1.88 bits per heavy atom. The molecule has 0 fully saturated rings. The van der Waals surface area contributed by atoms with Gasteiger partial charge in [-0.25, -0.2) is 0 Å². The Kier molecular flexibility index (Phi) is 0.312. The van der Waals surface area contributed by atoms with E-state index in [-0.39, 0.29) is 0 Å². The van der Waals surface area contributed by atoms with Crippen molar-refractivity contribution in [2.75, 3.05) is 6.54 Å². The van der Waals surface area contributed by atoms with E-state index in [1.807, 2.05) is 0 Å². The lowest BCUT2D eigenvalue weighted by Gasteiger charge is -2.45. The Morgan fingerprint density at radius 3 is 2.00 bits per heavy atom. The van der Waals surface area contributed by atoms with Crippen molar-refractivity contribution in [3.05, 3.63) is 22.4 Å². The van der Waals surface area contributed by atoms with Crippen LogP contribution in [0.1, 0.15) is 12.8 Å². The largest absolute Gasteiger partial charge is 0.380 e. The number of hydrogen-bond donors (Lipinski definition) is 1. The van der Waals surface area contributed by atoms with E-state index in [0.29, 0.717) is 0 Å². The minimum atomic E-state index is 1.16. The van der Waals surface area contributed by atoms with Crippen LogP contribution in [-0.4, -0.2) is 6.54 Å². The maximum Gasteiger partial charge on any atom is 0.0431 e. The number of rotatable bonds is 0. The average Bonchev–Trinajstić information content (AvgIpc) is 1.70. The maximum atomic E-state index is 3.30. The van der Waals surface area contributed by atoms with Gasteiger partial charge < -0.3 is 5.32 Å². The van der Waals surface area contributed by atoms with Gasteiger partial charge in [0, 0.05) is 12.2 Å². The molecule has 0 aromatic rings. The minimum Gasteiger partial charge on any atom is -0.380 e. The molecule has 1 N–H and O–H groups in total. The summed E-state index contributed by atoms with van der Waals surface area (Å²) in [6.45, 7) is 1.16. The van der Waals surface area contributed by atoms with E-state index < -0.39 is 0 Å². The molecule has 0 amide bonds. The monoisotopic (exact) mass is 105 g/mol. The van der Waals surface area contributed by atoms with E-state index in [9.17, 15) is 0 Å². The molecule has 1 heteroatoms. The van der Waals surface area contributed by atoms with Crippen LogP contribution in [-0.2, 0) is 0 Å². The fourth-order valence-corrected chi connectivity index (χ4v) is 1.73. The van der Waals surface area contributed by atoms with Gasteiger partial charge in [-0.3, -0.25) is 0 Å². The van der Waals surface area contributed by atoms with Crippen LogP contribution in [0.3, 0.4) is 0 Å². The van der Waals surface area contributed by atoms with Gasteiger partial charge in [-0.2, -0.15) is 0 Å². The molecular formula is C7H7N. The number of allylic oxidation sites excluding steroid dienone is 1. The highest BCUT2D eigenvalue weighted by Gasteiger charge is 2.39. The normalized spacial score (nSPS) is 29.0. The van der Waals surface area contributed by atoms with Crippen LogP contribution >= 0.6 is 0 Å². The highest BCUT2D eigenvalue weighted by atomic mass is 15.0. The first-order valence-corrected chi connectivity index (χ1v) is 3.16. The van der Waals surface area contributed by atoms with Crippen molar-refractivity contribution in [2.24, 2.45) is 0 Å². The van der Waals surface area contributed by atoms with Crippen LogP contribution in [0, 0.1) is 0 Å². The summed E-state index contributed by atoms with van der Waals surface area (Å²) in [6.07, 6.45) is 2.72. The van der Waals surface area contributed by atoms with Crippen molar-refractivity contribution in [3.63, 3.8) is 0 Å². The summed E-state index contributed by atoms with van der Waals surface area (Å²) in [7, 11) is 0. The maximum absolute atomic E-state index is 3.30. The molecule has 0 aromatic heterocycles. The zero-order chi connectivity index (χ0) is 5.14. The fraction of sp³-hybridized carbons (Fsp3) is 0.429. The molecule has 1 heterocycles. The standard InChI is InChI=1S/C7H7N/c1-2-5-4(1)6-3-8-7(5)6/h8H,1-3H2. The van der Waals surface area contributed by atoms with Crippen LogP contribution in [0.4, 0.5) is 0 Å². The highest BCUT2D eigenvalue weighted by molar-refractivity contribution is 5.68. The van der Waals surface area contributed by atoms with Gasteiger partial charge in [0.05, 0.1) is 0 Å². The molecule has 40 valence electrons. The van der Waals surface area contributed by atoms with Gasteiger partial charge in [-0.05, 0) is 29.6 Å². The lowest BCUT2D eigenvalue weighted by molar-refractivity contribution is 0.622. The van der Waals surface area contributed by atoms with Crippen molar-refractivity contribution in [3.8, 4) is 0 Å². The lowest BCUT2D eigenvalue weighted by Crippen LogP contribution is -2.42. The topological polar surface area (TPSA) is 12.0 Å². The highest BCUT2D eigenvalue weighted by Crippen LogP contribution is 2.50. The smallest absolute Gasteiger partial charge is 0.0431 e. The van der Waals surface area contributed by atoms with E-state index in [1.165, 1.54) is 18.5 Å².